The van der Waals surface area contributed by atoms with E-state index in [0.717, 1.165) is 0 Å². The second-order valence-electron chi connectivity index (χ2n) is 4.61. The lowest BCUT2D eigenvalue weighted by molar-refractivity contribution is -0.274. The van der Waals surface area contributed by atoms with E-state index >= 15 is 0 Å². The number of carbonyl (C=O) groups excluding carboxylic acids is 1. The van der Waals surface area contributed by atoms with E-state index in [1.54, 1.807) is 0 Å². The van der Waals surface area contributed by atoms with Crippen molar-refractivity contribution in [3.05, 3.63) is 0 Å². The normalized spacial score (nSPS) is 25.5. The van der Waals surface area contributed by atoms with Gasteiger partial charge in [-0.15, -0.1) is 0 Å². The molecule has 0 saturated carbocycles. The molecule has 0 spiro atoms. The maximum atomic E-state index is 12.3. The Bertz CT molecular complexity index is 305. The van der Waals surface area contributed by atoms with Crippen molar-refractivity contribution in [3.8, 4) is 0 Å². The molecule has 3 nitrogen and oxygen atoms in total. The van der Waals surface area contributed by atoms with Gasteiger partial charge in [0.25, 0.3) is 0 Å². The Kier molecular flexibility index (Phi) is 4.70. The van der Waals surface area contributed by atoms with Crippen LogP contribution < -0.4 is 10.6 Å². The van der Waals surface area contributed by atoms with Crippen LogP contribution >= 0.6 is 0 Å². The summed E-state index contributed by atoms with van der Waals surface area (Å²) in [6.45, 7) is 2.00. The molecular formula is C10H14F6N2O. The van der Waals surface area contributed by atoms with Gasteiger partial charge < -0.3 is 10.6 Å². The highest BCUT2D eigenvalue weighted by molar-refractivity contribution is 5.80. The highest BCUT2D eigenvalue weighted by Gasteiger charge is 2.61. The first-order chi connectivity index (χ1) is 8.51. The van der Waals surface area contributed by atoms with E-state index in [9.17, 15) is 31.1 Å². The molecule has 0 aromatic carbocycles. The zero-order chi connectivity index (χ0) is 14.8. The minimum absolute atomic E-state index is 0.134. The molecule has 2 N–H and O–H groups in total. The Morgan fingerprint density at radius 3 is 2.05 bits per heavy atom. The van der Waals surface area contributed by atoms with Crippen LogP contribution in [0.2, 0.25) is 0 Å². The SMILES string of the molecule is CC1CCC(NC(=O)C(C(F)(F)F)C(F)(F)F)CN1. The fourth-order valence-corrected chi connectivity index (χ4v) is 1.89. The lowest BCUT2D eigenvalue weighted by Gasteiger charge is -2.30. The van der Waals surface area contributed by atoms with Crippen molar-refractivity contribution in [1.82, 2.24) is 10.6 Å². The topological polar surface area (TPSA) is 41.1 Å². The zero-order valence-corrected chi connectivity index (χ0v) is 10.0. The van der Waals surface area contributed by atoms with Crippen molar-refractivity contribution in [2.75, 3.05) is 6.54 Å². The molecule has 19 heavy (non-hydrogen) atoms. The molecule has 2 atom stereocenters. The molecule has 1 heterocycles. The fourth-order valence-electron chi connectivity index (χ4n) is 1.89. The van der Waals surface area contributed by atoms with Crippen LogP contribution in [0, 0.1) is 5.92 Å². The average Bonchev–Trinajstić information content (AvgIpc) is 2.16. The van der Waals surface area contributed by atoms with Crippen LogP contribution in [0.4, 0.5) is 26.3 Å². The summed E-state index contributed by atoms with van der Waals surface area (Å²) in [7, 11) is 0. The Morgan fingerprint density at radius 1 is 1.16 bits per heavy atom. The van der Waals surface area contributed by atoms with Crippen LogP contribution in [0.15, 0.2) is 0 Å². The minimum atomic E-state index is -5.64. The number of rotatable bonds is 2. The lowest BCUT2D eigenvalue weighted by Crippen LogP contribution is -2.54. The molecule has 0 aromatic heterocycles. The van der Waals surface area contributed by atoms with Gasteiger partial charge in [0, 0.05) is 18.6 Å². The number of nitrogens with one attached hydrogen (secondary N) is 2. The van der Waals surface area contributed by atoms with Gasteiger partial charge in [0.15, 0.2) is 0 Å². The van der Waals surface area contributed by atoms with Crippen molar-refractivity contribution in [1.29, 1.82) is 0 Å². The largest absolute Gasteiger partial charge is 0.409 e. The van der Waals surface area contributed by atoms with Crippen molar-refractivity contribution in [2.45, 2.75) is 44.2 Å². The molecular weight excluding hydrogens is 278 g/mol. The summed E-state index contributed by atoms with van der Waals surface area (Å²) >= 11 is 0. The number of hydrogen-bond acceptors (Lipinski definition) is 2. The van der Waals surface area contributed by atoms with E-state index in [0.29, 0.717) is 12.8 Å². The van der Waals surface area contributed by atoms with Gasteiger partial charge in [-0.25, -0.2) is 0 Å². The molecule has 1 aliphatic heterocycles. The molecule has 0 aliphatic carbocycles. The van der Waals surface area contributed by atoms with Gasteiger partial charge in [-0.2, -0.15) is 26.3 Å². The quantitative estimate of drug-likeness (QED) is 0.764. The van der Waals surface area contributed by atoms with Crippen molar-refractivity contribution >= 4 is 5.91 Å². The molecule has 112 valence electrons. The monoisotopic (exact) mass is 292 g/mol. The molecule has 0 bridgehead atoms. The van der Waals surface area contributed by atoms with Crippen molar-refractivity contribution in [2.24, 2.45) is 5.92 Å². The van der Waals surface area contributed by atoms with E-state index in [4.69, 9.17) is 0 Å². The van der Waals surface area contributed by atoms with E-state index in [1.165, 1.54) is 0 Å². The first-order valence-electron chi connectivity index (χ1n) is 5.69. The van der Waals surface area contributed by atoms with E-state index in [2.05, 4.69) is 5.32 Å². The summed E-state index contributed by atoms with van der Waals surface area (Å²) in [6.07, 6.45) is -10.4. The molecule has 1 aliphatic rings. The van der Waals surface area contributed by atoms with E-state index < -0.39 is 30.2 Å². The predicted octanol–water partition coefficient (Wildman–Crippen LogP) is 1.98. The van der Waals surface area contributed by atoms with Gasteiger partial charge in [-0.3, -0.25) is 4.79 Å². The van der Waals surface area contributed by atoms with Gasteiger partial charge in [0.2, 0.25) is 11.8 Å². The lowest BCUT2D eigenvalue weighted by atomic mass is 10.0. The molecule has 1 rings (SSSR count). The Labute approximate surface area is 105 Å². The number of alkyl halides is 6. The van der Waals surface area contributed by atoms with Crippen LogP contribution in [0.5, 0.6) is 0 Å². The second kappa shape index (κ2) is 5.56. The van der Waals surface area contributed by atoms with Gasteiger partial charge in [-0.1, -0.05) is 0 Å². The summed E-state index contributed by atoms with van der Waals surface area (Å²) in [4.78, 5) is 11.2. The predicted molar refractivity (Wildman–Crippen MR) is 54.2 cm³/mol. The second-order valence-corrected chi connectivity index (χ2v) is 4.61. The van der Waals surface area contributed by atoms with E-state index in [1.807, 2.05) is 12.2 Å². The minimum Gasteiger partial charge on any atom is -0.351 e. The molecule has 0 radical (unpaired) electrons. The maximum absolute atomic E-state index is 12.3. The van der Waals surface area contributed by atoms with E-state index in [-0.39, 0.29) is 12.6 Å². The Morgan fingerprint density at radius 2 is 1.68 bits per heavy atom. The number of piperidine rings is 1. The fraction of sp³-hybridized carbons (Fsp3) is 0.900. The summed E-state index contributed by atoms with van der Waals surface area (Å²) in [6, 6.07) is -0.579. The summed E-state index contributed by atoms with van der Waals surface area (Å²) in [5, 5.41) is 4.69. The maximum Gasteiger partial charge on any atom is 0.409 e. The van der Waals surface area contributed by atoms with Gasteiger partial charge in [-0.05, 0) is 19.8 Å². The molecule has 1 saturated heterocycles. The molecule has 0 aromatic rings. The van der Waals surface area contributed by atoms with Gasteiger partial charge >= 0.3 is 12.4 Å². The van der Waals surface area contributed by atoms with Crippen LogP contribution in [-0.2, 0) is 4.79 Å². The third kappa shape index (κ3) is 4.55. The zero-order valence-electron chi connectivity index (χ0n) is 10.0. The number of amides is 1. The van der Waals surface area contributed by atoms with Crippen LogP contribution in [0.3, 0.4) is 0 Å². The Balaban J connectivity index is 2.68. The average molecular weight is 292 g/mol. The summed E-state index contributed by atoms with van der Waals surface area (Å²) < 4.78 is 73.7. The van der Waals surface area contributed by atoms with Crippen LogP contribution in [0.25, 0.3) is 0 Å². The molecule has 2 unspecified atom stereocenters. The number of carbonyl (C=O) groups is 1. The summed E-state index contributed by atoms with van der Waals surface area (Å²) in [5.74, 6) is -6.01. The number of hydrogen-bond donors (Lipinski definition) is 2. The standard InChI is InChI=1S/C10H14F6N2O/c1-5-2-3-6(4-17-5)18-8(19)7(9(11,12)13)10(14,15)16/h5-7,17H,2-4H2,1H3,(H,18,19). The first-order valence-corrected chi connectivity index (χ1v) is 5.69. The highest BCUT2D eigenvalue weighted by Crippen LogP contribution is 2.39. The molecule has 1 fully saturated rings. The first kappa shape index (κ1) is 16.1. The third-order valence-electron chi connectivity index (χ3n) is 2.92. The van der Waals surface area contributed by atoms with Gasteiger partial charge in [0.05, 0.1) is 0 Å². The third-order valence-corrected chi connectivity index (χ3v) is 2.92. The van der Waals surface area contributed by atoms with Crippen molar-refractivity contribution < 1.29 is 31.1 Å². The van der Waals surface area contributed by atoms with Crippen molar-refractivity contribution in [3.63, 3.8) is 0 Å². The Hall–Kier alpha value is -0.990. The van der Waals surface area contributed by atoms with Crippen LogP contribution in [0.1, 0.15) is 19.8 Å². The summed E-state index contributed by atoms with van der Waals surface area (Å²) in [5.41, 5.74) is 0. The molecule has 9 heteroatoms. The van der Waals surface area contributed by atoms with Crippen LogP contribution in [-0.4, -0.2) is 36.9 Å². The van der Waals surface area contributed by atoms with Gasteiger partial charge in [0.1, 0.15) is 0 Å². The smallest absolute Gasteiger partial charge is 0.351 e. The number of halogens is 6. The molecule has 1 amide bonds. The highest BCUT2D eigenvalue weighted by atomic mass is 19.4.